The number of benzene rings is 1. The summed E-state index contributed by atoms with van der Waals surface area (Å²) in [5.74, 6) is 0. The van der Waals surface area contributed by atoms with Crippen molar-refractivity contribution in [3.05, 3.63) is 28.3 Å². The summed E-state index contributed by atoms with van der Waals surface area (Å²) in [5.41, 5.74) is -0.0272. The number of hydrogen-bond donors (Lipinski definition) is 2. The maximum absolute atomic E-state index is 12.0. The van der Waals surface area contributed by atoms with Crippen LogP contribution >= 0.6 is 0 Å². The number of nitrogens with one attached hydrogen (secondary N) is 2. The molecule has 1 aromatic rings. The van der Waals surface area contributed by atoms with Crippen molar-refractivity contribution in [2.24, 2.45) is 0 Å². The minimum absolute atomic E-state index is 0.138. The van der Waals surface area contributed by atoms with E-state index in [4.69, 9.17) is 4.74 Å². The first kappa shape index (κ1) is 16.3. The van der Waals surface area contributed by atoms with Gasteiger partial charge in [-0.25, -0.2) is 13.1 Å². The van der Waals surface area contributed by atoms with Crippen LogP contribution in [0.25, 0.3) is 0 Å². The van der Waals surface area contributed by atoms with E-state index in [0.29, 0.717) is 13.0 Å². The molecule has 1 rings (SSSR count). The second-order valence-electron chi connectivity index (χ2n) is 3.93. The molecule has 2 N–H and O–H groups in total. The van der Waals surface area contributed by atoms with Gasteiger partial charge in [0, 0.05) is 33.4 Å². The topological polar surface area (TPSA) is 111 Å². The number of anilines is 1. The Balaban J connectivity index is 2.95. The summed E-state index contributed by atoms with van der Waals surface area (Å²) >= 11 is 0. The van der Waals surface area contributed by atoms with Crippen molar-refractivity contribution in [2.45, 2.75) is 11.3 Å². The number of nitro groups is 1. The van der Waals surface area contributed by atoms with Gasteiger partial charge in [-0.2, -0.15) is 0 Å². The first-order chi connectivity index (χ1) is 9.42. The highest BCUT2D eigenvalue weighted by atomic mass is 32.2. The molecule has 1 aromatic carbocycles. The van der Waals surface area contributed by atoms with Crippen LogP contribution in [0.5, 0.6) is 0 Å². The van der Waals surface area contributed by atoms with Gasteiger partial charge >= 0.3 is 0 Å². The summed E-state index contributed by atoms with van der Waals surface area (Å²) in [5, 5.41) is 13.5. The van der Waals surface area contributed by atoms with Crippen molar-refractivity contribution in [1.82, 2.24) is 4.72 Å². The molecule has 0 saturated carbocycles. The minimum Gasteiger partial charge on any atom is -0.385 e. The number of sulfonamides is 1. The highest BCUT2D eigenvalue weighted by Crippen LogP contribution is 2.26. The van der Waals surface area contributed by atoms with Crippen molar-refractivity contribution in [2.75, 3.05) is 32.6 Å². The van der Waals surface area contributed by atoms with Crippen LogP contribution in [0.2, 0.25) is 0 Å². The van der Waals surface area contributed by atoms with Crippen LogP contribution in [0.15, 0.2) is 23.1 Å². The molecular formula is C11H17N3O5S. The van der Waals surface area contributed by atoms with E-state index >= 15 is 0 Å². The maximum Gasteiger partial charge on any atom is 0.293 e. The van der Waals surface area contributed by atoms with Crippen molar-refractivity contribution in [3.63, 3.8) is 0 Å². The molecule has 9 heteroatoms. The van der Waals surface area contributed by atoms with E-state index < -0.39 is 14.9 Å². The second-order valence-corrected chi connectivity index (χ2v) is 5.70. The van der Waals surface area contributed by atoms with E-state index in [-0.39, 0.29) is 22.8 Å². The molecule has 0 heterocycles. The van der Waals surface area contributed by atoms with Crippen molar-refractivity contribution in [3.8, 4) is 0 Å². The molecule has 0 atom stereocenters. The standard InChI is InChI=1S/C11H17N3O5S/c1-12-10-5-4-9(8-11(10)14(15)16)20(17,18)13-6-3-7-19-2/h4-5,8,12-13H,3,6-7H2,1-2H3. The van der Waals surface area contributed by atoms with Crippen molar-refractivity contribution in [1.29, 1.82) is 0 Å². The lowest BCUT2D eigenvalue weighted by atomic mass is 10.3. The van der Waals surface area contributed by atoms with Gasteiger partial charge in [0.15, 0.2) is 0 Å². The number of hydrogen-bond acceptors (Lipinski definition) is 6. The van der Waals surface area contributed by atoms with Crippen LogP contribution < -0.4 is 10.0 Å². The van der Waals surface area contributed by atoms with E-state index in [1.807, 2.05) is 0 Å². The molecule has 0 radical (unpaired) electrons. The zero-order chi connectivity index (χ0) is 15.2. The van der Waals surface area contributed by atoms with Gasteiger partial charge < -0.3 is 10.1 Å². The number of nitrogens with zero attached hydrogens (tertiary/aromatic N) is 1. The van der Waals surface area contributed by atoms with Gasteiger partial charge in [-0.1, -0.05) is 0 Å². The first-order valence-electron chi connectivity index (χ1n) is 5.87. The van der Waals surface area contributed by atoms with E-state index in [2.05, 4.69) is 10.0 Å². The van der Waals surface area contributed by atoms with Crippen LogP contribution in [0, 0.1) is 10.1 Å². The molecule has 0 aliphatic rings. The molecule has 0 amide bonds. The fourth-order valence-corrected chi connectivity index (χ4v) is 2.64. The van der Waals surface area contributed by atoms with Gasteiger partial charge in [-0.15, -0.1) is 0 Å². The third-order valence-corrected chi connectivity index (χ3v) is 4.02. The lowest BCUT2D eigenvalue weighted by molar-refractivity contribution is -0.384. The normalized spacial score (nSPS) is 11.3. The fourth-order valence-electron chi connectivity index (χ4n) is 1.55. The predicted molar refractivity (Wildman–Crippen MR) is 74.3 cm³/mol. The number of nitro benzene ring substituents is 1. The molecule has 0 aliphatic heterocycles. The van der Waals surface area contributed by atoms with Gasteiger partial charge in [0.05, 0.1) is 9.82 Å². The largest absolute Gasteiger partial charge is 0.385 e. The molecule has 8 nitrogen and oxygen atoms in total. The zero-order valence-corrected chi connectivity index (χ0v) is 12.1. The first-order valence-corrected chi connectivity index (χ1v) is 7.35. The van der Waals surface area contributed by atoms with E-state index in [9.17, 15) is 18.5 Å². The molecule has 112 valence electrons. The van der Waals surface area contributed by atoms with Crippen molar-refractivity contribution >= 4 is 21.4 Å². The van der Waals surface area contributed by atoms with Gasteiger partial charge in [0.2, 0.25) is 10.0 Å². The maximum atomic E-state index is 12.0. The number of ether oxygens (including phenoxy) is 1. The summed E-state index contributed by atoms with van der Waals surface area (Å²) in [6.07, 6.45) is 0.520. The minimum atomic E-state index is -3.76. The Morgan fingerprint density at radius 2 is 2.10 bits per heavy atom. The monoisotopic (exact) mass is 303 g/mol. The van der Waals surface area contributed by atoms with E-state index in [1.165, 1.54) is 26.3 Å². The molecular weight excluding hydrogens is 286 g/mol. The Kier molecular flexibility index (Phi) is 5.86. The van der Waals surface area contributed by atoms with Gasteiger partial charge in [-0.3, -0.25) is 10.1 Å². The average molecular weight is 303 g/mol. The molecule has 0 spiro atoms. The third-order valence-electron chi connectivity index (χ3n) is 2.56. The molecule has 0 fully saturated rings. The lowest BCUT2D eigenvalue weighted by Gasteiger charge is -2.08. The SMILES string of the molecule is CNc1ccc(S(=O)(=O)NCCCOC)cc1[N+](=O)[O-]. The third kappa shape index (κ3) is 4.15. The molecule has 0 bridgehead atoms. The predicted octanol–water partition coefficient (Wildman–Crippen LogP) is 0.951. The average Bonchev–Trinajstić information content (AvgIpc) is 2.42. The van der Waals surface area contributed by atoms with Gasteiger partial charge in [-0.05, 0) is 18.6 Å². The van der Waals surface area contributed by atoms with Crippen LogP contribution in [-0.2, 0) is 14.8 Å². The van der Waals surface area contributed by atoms with Crippen LogP contribution in [0.3, 0.4) is 0 Å². The number of methoxy groups -OCH3 is 1. The molecule has 0 aliphatic carbocycles. The Labute approximate surface area is 117 Å². The Hall–Kier alpha value is -1.71. The molecule has 0 unspecified atom stereocenters. The summed E-state index contributed by atoms with van der Waals surface area (Å²) < 4.78 is 31.1. The Morgan fingerprint density at radius 3 is 2.65 bits per heavy atom. The fraction of sp³-hybridized carbons (Fsp3) is 0.455. The summed E-state index contributed by atoms with van der Waals surface area (Å²) in [6.45, 7) is 0.638. The van der Waals surface area contributed by atoms with Crippen molar-refractivity contribution < 1.29 is 18.1 Å². The Bertz CT molecular complexity index is 573. The highest BCUT2D eigenvalue weighted by molar-refractivity contribution is 7.89. The summed E-state index contributed by atoms with van der Waals surface area (Å²) in [4.78, 5) is 10.1. The van der Waals surface area contributed by atoms with Gasteiger partial charge in [0.1, 0.15) is 5.69 Å². The van der Waals surface area contributed by atoms with Crippen LogP contribution in [0.4, 0.5) is 11.4 Å². The quantitative estimate of drug-likeness (QED) is 0.420. The lowest BCUT2D eigenvalue weighted by Crippen LogP contribution is -2.25. The molecule has 0 saturated heterocycles. The summed E-state index contributed by atoms with van der Waals surface area (Å²) in [7, 11) is -0.710. The Morgan fingerprint density at radius 1 is 1.40 bits per heavy atom. The van der Waals surface area contributed by atoms with E-state index in [0.717, 1.165) is 6.07 Å². The smallest absolute Gasteiger partial charge is 0.293 e. The summed E-state index contributed by atoms with van der Waals surface area (Å²) in [6, 6.07) is 3.71. The molecule has 0 aromatic heterocycles. The second kappa shape index (κ2) is 7.17. The highest BCUT2D eigenvalue weighted by Gasteiger charge is 2.20. The van der Waals surface area contributed by atoms with Crippen LogP contribution in [-0.4, -0.2) is 40.7 Å². The number of rotatable bonds is 8. The molecule has 20 heavy (non-hydrogen) atoms. The van der Waals surface area contributed by atoms with Gasteiger partial charge in [0.25, 0.3) is 5.69 Å². The zero-order valence-electron chi connectivity index (χ0n) is 11.3. The van der Waals surface area contributed by atoms with Crippen LogP contribution in [0.1, 0.15) is 6.42 Å². The van der Waals surface area contributed by atoms with E-state index in [1.54, 1.807) is 0 Å².